The molecule has 0 atom stereocenters. The van der Waals surface area contributed by atoms with Crippen molar-refractivity contribution in [1.82, 2.24) is 4.90 Å². The van der Waals surface area contributed by atoms with Gasteiger partial charge in [0.2, 0.25) is 0 Å². The zero-order valence-electron chi connectivity index (χ0n) is 15.9. The van der Waals surface area contributed by atoms with Crippen LogP contribution in [0.5, 0.6) is 11.5 Å². The summed E-state index contributed by atoms with van der Waals surface area (Å²) in [5, 5.41) is 0.360. The van der Waals surface area contributed by atoms with E-state index in [2.05, 4.69) is 0 Å². The second-order valence-electron chi connectivity index (χ2n) is 6.14. The van der Waals surface area contributed by atoms with Gasteiger partial charge in [0.15, 0.2) is 11.5 Å². The van der Waals surface area contributed by atoms with Gasteiger partial charge in [-0.1, -0.05) is 23.7 Å². The van der Waals surface area contributed by atoms with E-state index in [9.17, 15) is 4.79 Å². The number of benzene rings is 2. The van der Waals surface area contributed by atoms with Gasteiger partial charge in [-0.3, -0.25) is 4.79 Å². The highest BCUT2D eigenvalue weighted by molar-refractivity contribution is 6.32. The number of anilines is 1. The molecule has 0 unspecified atom stereocenters. The Hall–Kier alpha value is -2.40. The van der Waals surface area contributed by atoms with E-state index in [1.54, 1.807) is 24.1 Å². The first kappa shape index (κ1) is 19.9. The molecule has 0 heterocycles. The molecular formula is C20H25ClN2O3. The van der Waals surface area contributed by atoms with Gasteiger partial charge in [-0.2, -0.15) is 0 Å². The number of nitrogens with zero attached hydrogens (tertiary/aromatic N) is 2. The van der Waals surface area contributed by atoms with E-state index in [-0.39, 0.29) is 5.91 Å². The van der Waals surface area contributed by atoms with E-state index in [0.717, 1.165) is 11.3 Å². The summed E-state index contributed by atoms with van der Waals surface area (Å²) in [7, 11) is 7.28. The van der Waals surface area contributed by atoms with Crippen LogP contribution in [-0.2, 0) is 6.54 Å². The number of carbonyl (C=O) groups excluding carboxylic acids is 1. The lowest BCUT2D eigenvalue weighted by Gasteiger charge is -2.20. The molecule has 0 aromatic heterocycles. The standard InChI is InChI=1S/C20H25ClN2O3/c1-6-26-19-17(21)11-15(12-18(19)25-5)20(24)23(4)13-14-7-9-16(10-8-14)22(2)3/h7-12H,6,13H2,1-5H3. The summed E-state index contributed by atoms with van der Waals surface area (Å²) < 4.78 is 10.8. The molecular weight excluding hydrogens is 352 g/mol. The molecule has 5 nitrogen and oxygen atoms in total. The number of hydrogen-bond acceptors (Lipinski definition) is 4. The number of ether oxygens (including phenoxy) is 2. The Kier molecular flexibility index (Phi) is 6.75. The third-order valence-electron chi connectivity index (χ3n) is 3.98. The molecule has 0 N–H and O–H groups in total. The van der Waals surface area contributed by atoms with Crippen molar-refractivity contribution in [2.24, 2.45) is 0 Å². The molecule has 0 saturated carbocycles. The van der Waals surface area contributed by atoms with Gasteiger partial charge in [-0.05, 0) is 36.8 Å². The van der Waals surface area contributed by atoms with Gasteiger partial charge in [0.05, 0.1) is 18.7 Å². The summed E-state index contributed by atoms with van der Waals surface area (Å²) in [5.74, 6) is 0.770. The van der Waals surface area contributed by atoms with Crippen molar-refractivity contribution in [2.45, 2.75) is 13.5 Å². The Bertz CT molecular complexity index is 760. The lowest BCUT2D eigenvalue weighted by Crippen LogP contribution is -2.26. The van der Waals surface area contributed by atoms with Crippen molar-refractivity contribution >= 4 is 23.2 Å². The van der Waals surface area contributed by atoms with Crippen LogP contribution in [0.3, 0.4) is 0 Å². The van der Waals surface area contributed by atoms with E-state index >= 15 is 0 Å². The number of amides is 1. The van der Waals surface area contributed by atoms with Crippen LogP contribution >= 0.6 is 11.6 Å². The molecule has 2 aromatic rings. The lowest BCUT2D eigenvalue weighted by atomic mass is 10.1. The summed E-state index contributed by atoms with van der Waals surface area (Å²) in [6.07, 6.45) is 0. The molecule has 140 valence electrons. The summed E-state index contributed by atoms with van der Waals surface area (Å²) in [4.78, 5) is 16.5. The highest BCUT2D eigenvalue weighted by Crippen LogP contribution is 2.36. The number of halogens is 1. The van der Waals surface area contributed by atoms with Gasteiger partial charge in [0.25, 0.3) is 5.91 Å². The molecule has 2 rings (SSSR count). The van der Waals surface area contributed by atoms with E-state index in [1.807, 2.05) is 50.2 Å². The molecule has 0 saturated heterocycles. The maximum absolute atomic E-state index is 12.8. The molecule has 0 aliphatic carbocycles. The fourth-order valence-electron chi connectivity index (χ4n) is 2.59. The molecule has 26 heavy (non-hydrogen) atoms. The SMILES string of the molecule is CCOc1c(Cl)cc(C(=O)N(C)Cc2ccc(N(C)C)cc2)cc1OC. The maximum atomic E-state index is 12.8. The van der Waals surface area contributed by atoms with Crippen molar-refractivity contribution in [3.8, 4) is 11.5 Å². The fraction of sp³-hybridized carbons (Fsp3) is 0.350. The zero-order valence-corrected chi connectivity index (χ0v) is 16.6. The molecule has 0 spiro atoms. The molecule has 1 amide bonds. The van der Waals surface area contributed by atoms with E-state index in [1.165, 1.54) is 7.11 Å². The third-order valence-corrected chi connectivity index (χ3v) is 4.27. The molecule has 0 aliphatic heterocycles. The van der Waals surface area contributed by atoms with Crippen molar-refractivity contribution in [1.29, 1.82) is 0 Å². The van der Waals surface area contributed by atoms with Crippen molar-refractivity contribution in [2.75, 3.05) is 39.8 Å². The first-order valence-corrected chi connectivity index (χ1v) is 8.77. The Morgan fingerprint density at radius 1 is 1.12 bits per heavy atom. The zero-order chi connectivity index (χ0) is 19.3. The van der Waals surface area contributed by atoms with Crippen molar-refractivity contribution < 1.29 is 14.3 Å². The minimum atomic E-state index is -0.134. The van der Waals surface area contributed by atoms with Gasteiger partial charge in [-0.25, -0.2) is 0 Å². The first-order valence-electron chi connectivity index (χ1n) is 8.39. The largest absolute Gasteiger partial charge is 0.493 e. The predicted octanol–water partition coefficient (Wildman–Crippen LogP) is 4.09. The van der Waals surface area contributed by atoms with E-state index < -0.39 is 0 Å². The van der Waals surface area contributed by atoms with Crippen LogP contribution in [0.1, 0.15) is 22.8 Å². The fourth-order valence-corrected chi connectivity index (χ4v) is 2.86. The summed E-state index contributed by atoms with van der Waals surface area (Å²) in [6, 6.07) is 11.4. The van der Waals surface area contributed by atoms with Crippen molar-refractivity contribution in [3.63, 3.8) is 0 Å². The van der Waals surface area contributed by atoms with Crippen LogP contribution in [0.2, 0.25) is 5.02 Å². The van der Waals surface area contributed by atoms with Crippen LogP contribution in [-0.4, -0.2) is 45.7 Å². The van der Waals surface area contributed by atoms with Gasteiger partial charge in [0, 0.05) is 38.9 Å². The topological polar surface area (TPSA) is 42.0 Å². The molecule has 0 fully saturated rings. The summed E-state index contributed by atoms with van der Waals surface area (Å²) in [5.41, 5.74) is 2.63. The normalized spacial score (nSPS) is 10.4. The number of carbonyl (C=O) groups is 1. The smallest absolute Gasteiger partial charge is 0.254 e. The van der Waals surface area contributed by atoms with Crippen LogP contribution < -0.4 is 14.4 Å². The third kappa shape index (κ3) is 4.61. The Labute approximate surface area is 160 Å². The number of hydrogen-bond donors (Lipinski definition) is 0. The van der Waals surface area contributed by atoms with Gasteiger partial charge in [0.1, 0.15) is 0 Å². The average Bonchev–Trinajstić information content (AvgIpc) is 2.63. The van der Waals surface area contributed by atoms with E-state index in [0.29, 0.717) is 35.2 Å². The predicted molar refractivity (Wildman–Crippen MR) is 106 cm³/mol. The molecule has 2 aromatic carbocycles. The quantitative estimate of drug-likeness (QED) is 0.730. The highest BCUT2D eigenvalue weighted by Gasteiger charge is 2.18. The highest BCUT2D eigenvalue weighted by atomic mass is 35.5. The maximum Gasteiger partial charge on any atom is 0.254 e. The average molecular weight is 377 g/mol. The minimum absolute atomic E-state index is 0.134. The summed E-state index contributed by atoms with van der Waals surface area (Å²) >= 11 is 6.27. The Morgan fingerprint density at radius 2 is 1.77 bits per heavy atom. The van der Waals surface area contributed by atoms with Crippen LogP contribution in [0.4, 0.5) is 5.69 Å². The molecule has 0 bridgehead atoms. The molecule has 0 aliphatic rings. The van der Waals surface area contributed by atoms with Crippen LogP contribution in [0.15, 0.2) is 36.4 Å². The summed E-state index contributed by atoms with van der Waals surface area (Å²) in [6.45, 7) is 2.83. The number of methoxy groups -OCH3 is 1. The van der Waals surface area contributed by atoms with E-state index in [4.69, 9.17) is 21.1 Å². The monoisotopic (exact) mass is 376 g/mol. The Morgan fingerprint density at radius 3 is 2.31 bits per heavy atom. The van der Waals surface area contributed by atoms with Gasteiger partial charge in [-0.15, -0.1) is 0 Å². The lowest BCUT2D eigenvalue weighted by molar-refractivity contribution is 0.0784. The van der Waals surface area contributed by atoms with Gasteiger partial charge >= 0.3 is 0 Å². The first-order chi connectivity index (χ1) is 12.4. The van der Waals surface area contributed by atoms with Gasteiger partial charge < -0.3 is 19.3 Å². The second kappa shape index (κ2) is 8.81. The Balaban J connectivity index is 2.18. The molecule has 6 heteroatoms. The second-order valence-corrected chi connectivity index (χ2v) is 6.55. The number of rotatable bonds is 7. The van der Waals surface area contributed by atoms with Crippen molar-refractivity contribution in [3.05, 3.63) is 52.5 Å². The van der Waals surface area contributed by atoms with Crippen LogP contribution in [0.25, 0.3) is 0 Å². The van der Waals surface area contributed by atoms with Crippen LogP contribution in [0, 0.1) is 0 Å². The molecule has 0 radical (unpaired) electrons. The minimum Gasteiger partial charge on any atom is -0.493 e.